The lowest BCUT2D eigenvalue weighted by Gasteiger charge is -2.17. The zero-order valence-corrected chi connectivity index (χ0v) is 14.4. The third-order valence-electron chi connectivity index (χ3n) is 3.73. The summed E-state index contributed by atoms with van der Waals surface area (Å²) in [6, 6.07) is 6.41. The summed E-state index contributed by atoms with van der Waals surface area (Å²) in [7, 11) is 3.87. The summed E-state index contributed by atoms with van der Waals surface area (Å²) in [4.78, 5) is 8.04. The molecule has 0 aliphatic rings. The minimum absolute atomic E-state index is 0.834. The fraction of sp³-hybridized carbons (Fsp3) is 0.389. The van der Waals surface area contributed by atoms with Crippen molar-refractivity contribution in [2.45, 2.75) is 26.3 Å². The van der Waals surface area contributed by atoms with Gasteiger partial charge in [-0.25, -0.2) is 4.98 Å². The Hall–Kier alpha value is -1.65. The van der Waals surface area contributed by atoms with Crippen LogP contribution in [0.15, 0.2) is 36.4 Å². The Morgan fingerprint density at radius 2 is 2.23 bits per heavy atom. The first-order chi connectivity index (χ1) is 10.6. The van der Waals surface area contributed by atoms with Crippen LogP contribution in [0.25, 0.3) is 0 Å². The van der Waals surface area contributed by atoms with E-state index in [1.54, 1.807) is 18.4 Å². The van der Waals surface area contributed by atoms with Gasteiger partial charge in [-0.3, -0.25) is 0 Å². The van der Waals surface area contributed by atoms with Crippen LogP contribution < -0.4 is 4.74 Å². The molecule has 0 spiro atoms. The van der Waals surface area contributed by atoms with Gasteiger partial charge in [0.05, 0.1) is 18.3 Å². The number of likely N-dealkylation sites (N-methyl/N-ethyl adjacent to an activating group) is 1. The minimum atomic E-state index is 0.834. The molecule has 0 aliphatic carbocycles. The Morgan fingerprint density at radius 3 is 2.86 bits per heavy atom. The number of nitrogens with zero attached hydrogens (tertiary/aromatic N) is 2. The van der Waals surface area contributed by atoms with Crippen LogP contribution in [0.1, 0.15) is 21.7 Å². The topological polar surface area (TPSA) is 25.4 Å². The van der Waals surface area contributed by atoms with Gasteiger partial charge in [0.15, 0.2) is 0 Å². The van der Waals surface area contributed by atoms with Crippen molar-refractivity contribution in [1.82, 2.24) is 9.88 Å². The molecule has 1 heterocycles. The number of benzene rings is 1. The average Bonchev–Trinajstić information content (AvgIpc) is 2.91. The second kappa shape index (κ2) is 8.11. The van der Waals surface area contributed by atoms with Gasteiger partial charge < -0.3 is 9.64 Å². The number of hydrogen-bond donors (Lipinski definition) is 0. The van der Waals surface area contributed by atoms with Crippen LogP contribution in [0.4, 0.5) is 0 Å². The summed E-state index contributed by atoms with van der Waals surface area (Å²) in [6.07, 6.45) is 3.81. The maximum absolute atomic E-state index is 5.40. The van der Waals surface area contributed by atoms with E-state index in [1.165, 1.54) is 16.0 Å². The molecule has 0 radical (unpaired) electrons. The van der Waals surface area contributed by atoms with Gasteiger partial charge in [0, 0.05) is 18.0 Å². The summed E-state index contributed by atoms with van der Waals surface area (Å²) >= 11 is 1.75. The van der Waals surface area contributed by atoms with Gasteiger partial charge in [0.1, 0.15) is 5.75 Å². The van der Waals surface area contributed by atoms with E-state index < -0.39 is 0 Å². The van der Waals surface area contributed by atoms with Gasteiger partial charge >= 0.3 is 0 Å². The number of aromatic nitrogens is 1. The number of ether oxygens (including phenoxy) is 1. The highest BCUT2D eigenvalue weighted by Crippen LogP contribution is 2.21. The largest absolute Gasteiger partial charge is 0.496 e. The molecule has 0 fully saturated rings. The molecule has 0 N–H and O–H groups in total. The van der Waals surface area contributed by atoms with Gasteiger partial charge in [-0.05, 0) is 44.0 Å². The zero-order valence-electron chi connectivity index (χ0n) is 13.6. The Kier molecular flexibility index (Phi) is 6.16. The zero-order chi connectivity index (χ0) is 15.9. The van der Waals surface area contributed by atoms with E-state index in [9.17, 15) is 0 Å². The van der Waals surface area contributed by atoms with Crippen LogP contribution in [0, 0.1) is 6.92 Å². The molecular formula is C18H24N2OS. The Morgan fingerprint density at radius 1 is 1.41 bits per heavy atom. The summed E-state index contributed by atoms with van der Waals surface area (Å²) in [5.74, 6) is 0.937. The monoisotopic (exact) mass is 316 g/mol. The summed E-state index contributed by atoms with van der Waals surface area (Å²) in [6.45, 7) is 7.87. The standard InChI is InChI=1S/C18H24N2OS/c1-5-6-16-11-15(7-8-17(16)21-4)12-20(3)10-9-18-14(2)19-13-22-18/h5,7-8,11,13H,1,6,9-10,12H2,2-4H3. The summed E-state index contributed by atoms with van der Waals surface area (Å²) in [5.41, 5.74) is 5.59. The predicted molar refractivity (Wildman–Crippen MR) is 93.8 cm³/mol. The first kappa shape index (κ1) is 16.7. The third-order valence-corrected chi connectivity index (χ3v) is 4.72. The highest BCUT2D eigenvalue weighted by Gasteiger charge is 2.07. The molecule has 4 heteroatoms. The number of hydrogen-bond acceptors (Lipinski definition) is 4. The molecule has 0 saturated heterocycles. The van der Waals surface area contributed by atoms with Crippen LogP contribution in [0.3, 0.4) is 0 Å². The van der Waals surface area contributed by atoms with E-state index in [0.717, 1.165) is 37.4 Å². The van der Waals surface area contributed by atoms with E-state index in [4.69, 9.17) is 4.74 Å². The Labute approximate surface area is 137 Å². The lowest BCUT2D eigenvalue weighted by molar-refractivity contribution is 0.331. The molecule has 118 valence electrons. The smallest absolute Gasteiger partial charge is 0.122 e. The molecule has 22 heavy (non-hydrogen) atoms. The van der Waals surface area contributed by atoms with Crippen molar-refractivity contribution in [3.8, 4) is 5.75 Å². The normalized spacial score (nSPS) is 10.9. The number of methoxy groups -OCH3 is 1. The maximum atomic E-state index is 5.40. The van der Waals surface area contributed by atoms with Crippen molar-refractivity contribution in [3.63, 3.8) is 0 Å². The second-order valence-corrected chi connectivity index (χ2v) is 6.43. The average molecular weight is 316 g/mol. The Bertz CT molecular complexity index is 621. The molecule has 0 aliphatic heterocycles. The van der Waals surface area contributed by atoms with Gasteiger partial charge in [0.2, 0.25) is 0 Å². The number of thiazole rings is 1. The van der Waals surface area contributed by atoms with Crippen molar-refractivity contribution in [3.05, 3.63) is 58.1 Å². The first-order valence-electron chi connectivity index (χ1n) is 7.48. The fourth-order valence-electron chi connectivity index (χ4n) is 2.49. The fourth-order valence-corrected chi connectivity index (χ4v) is 3.27. The summed E-state index contributed by atoms with van der Waals surface area (Å²) < 4.78 is 5.40. The molecule has 0 saturated carbocycles. The molecular weight excluding hydrogens is 292 g/mol. The molecule has 0 bridgehead atoms. The van der Waals surface area contributed by atoms with E-state index in [-0.39, 0.29) is 0 Å². The number of aryl methyl sites for hydroxylation is 1. The SMILES string of the molecule is C=CCc1cc(CN(C)CCc2scnc2C)ccc1OC. The van der Waals surface area contributed by atoms with Crippen LogP contribution in [-0.4, -0.2) is 30.6 Å². The van der Waals surface area contributed by atoms with Crippen LogP contribution in [0.5, 0.6) is 5.75 Å². The minimum Gasteiger partial charge on any atom is -0.496 e. The molecule has 0 amide bonds. The molecule has 0 atom stereocenters. The molecule has 2 rings (SSSR count). The van der Waals surface area contributed by atoms with Crippen molar-refractivity contribution in [1.29, 1.82) is 0 Å². The molecule has 1 aromatic carbocycles. The van der Waals surface area contributed by atoms with Gasteiger partial charge in [-0.15, -0.1) is 17.9 Å². The highest BCUT2D eigenvalue weighted by molar-refractivity contribution is 7.09. The summed E-state index contributed by atoms with van der Waals surface area (Å²) in [5, 5.41) is 0. The Balaban J connectivity index is 1.96. The first-order valence-corrected chi connectivity index (χ1v) is 8.36. The van der Waals surface area contributed by atoms with Crippen molar-refractivity contribution in [2.75, 3.05) is 20.7 Å². The van der Waals surface area contributed by atoms with Gasteiger partial charge in [-0.2, -0.15) is 0 Å². The second-order valence-electron chi connectivity index (χ2n) is 5.49. The molecule has 2 aromatic rings. The van der Waals surface area contributed by atoms with E-state index in [2.05, 4.69) is 48.6 Å². The van der Waals surface area contributed by atoms with E-state index >= 15 is 0 Å². The quantitative estimate of drug-likeness (QED) is 0.691. The highest BCUT2D eigenvalue weighted by atomic mass is 32.1. The lowest BCUT2D eigenvalue weighted by atomic mass is 10.1. The lowest BCUT2D eigenvalue weighted by Crippen LogP contribution is -2.20. The molecule has 1 aromatic heterocycles. The van der Waals surface area contributed by atoms with Crippen molar-refractivity contribution < 1.29 is 4.74 Å². The van der Waals surface area contributed by atoms with Crippen molar-refractivity contribution in [2.24, 2.45) is 0 Å². The van der Waals surface area contributed by atoms with E-state index in [1.807, 2.05) is 11.6 Å². The van der Waals surface area contributed by atoms with E-state index in [0.29, 0.717) is 0 Å². The van der Waals surface area contributed by atoms with Crippen LogP contribution >= 0.6 is 11.3 Å². The number of rotatable bonds is 8. The maximum Gasteiger partial charge on any atom is 0.122 e. The molecule has 3 nitrogen and oxygen atoms in total. The molecule has 0 unspecified atom stereocenters. The van der Waals surface area contributed by atoms with Gasteiger partial charge in [-0.1, -0.05) is 18.2 Å². The predicted octanol–water partition coefficient (Wildman–Crippen LogP) is 3.86. The van der Waals surface area contributed by atoms with Crippen molar-refractivity contribution >= 4 is 11.3 Å². The third kappa shape index (κ3) is 4.42. The van der Waals surface area contributed by atoms with Crippen LogP contribution in [-0.2, 0) is 19.4 Å². The van der Waals surface area contributed by atoms with Crippen LogP contribution in [0.2, 0.25) is 0 Å². The van der Waals surface area contributed by atoms with Gasteiger partial charge in [0.25, 0.3) is 0 Å². The number of allylic oxidation sites excluding steroid dienone is 1.